The van der Waals surface area contributed by atoms with Crippen molar-refractivity contribution in [2.45, 2.75) is 25.5 Å². The van der Waals surface area contributed by atoms with Gasteiger partial charge in [0.15, 0.2) is 0 Å². The van der Waals surface area contributed by atoms with Crippen LogP contribution in [-0.2, 0) is 16.1 Å². The molecule has 5 heteroatoms. The number of ether oxygens (including phenoxy) is 1. The van der Waals surface area contributed by atoms with Crippen LogP contribution in [0.25, 0.3) is 11.0 Å². The first-order chi connectivity index (χ1) is 11.8. The van der Waals surface area contributed by atoms with Crippen LogP contribution >= 0.6 is 0 Å². The SMILES string of the molecule is O=C(Cn1c(C2CCCO2)nc2ccccc21)Nc1ccccc1. The summed E-state index contributed by atoms with van der Waals surface area (Å²) in [6.45, 7) is 0.981. The predicted molar refractivity (Wildman–Crippen MR) is 92.7 cm³/mol. The molecule has 0 aliphatic carbocycles. The maximum atomic E-state index is 12.5. The highest BCUT2D eigenvalue weighted by molar-refractivity contribution is 5.91. The molecule has 0 saturated carbocycles. The molecule has 0 bridgehead atoms. The molecule has 4 rings (SSSR count). The highest BCUT2D eigenvalue weighted by Gasteiger charge is 2.25. The minimum Gasteiger partial charge on any atom is -0.370 e. The third-order valence-corrected chi connectivity index (χ3v) is 4.26. The summed E-state index contributed by atoms with van der Waals surface area (Å²) >= 11 is 0. The van der Waals surface area contributed by atoms with Gasteiger partial charge in [-0.1, -0.05) is 30.3 Å². The molecule has 3 aromatic rings. The Morgan fingerprint density at radius 3 is 2.75 bits per heavy atom. The fourth-order valence-electron chi connectivity index (χ4n) is 3.15. The second-order valence-corrected chi connectivity index (χ2v) is 5.96. The van der Waals surface area contributed by atoms with E-state index in [0.29, 0.717) is 0 Å². The van der Waals surface area contributed by atoms with Crippen molar-refractivity contribution >= 4 is 22.6 Å². The summed E-state index contributed by atoms with van der Waals surface area (Å²) in [6, 6.07) is 17.4. The normalized spacial score (nSPS) is 17.2. The summed E-state index contributed by atoms with van der Waals surface area (Å²) in [5, 5.41) is 2.93. The fraction of sp³-hybridized carbons (Fsp3) is 0.263. The third kappa shape index (κ3) is 2.90. The molecule has 1 amide bonds. The molecule has 1 atom stereocenters. The van der Waals surface area contributed by atoms with E-state index in [1.165, 1.54) is 0 Å². The molecule has 0 radical (unpaired) electrons. The number of fused-ring (bicyclic) bond motifs is 1. The van der Waals surface area contributed by atoms with E-state index in [2.05, 4.69) is 5.32 Å². The van der Waals surface area contributed by atoms with Gasteiger partial charge in [-0.15, -0.1) is 0 Å². The molecule has 1 fully saturated rings. The zero-order chi connectivity index (χ0) is 16.4. The first-order valence-electron chi connectivity index (χ1n) is 8.23. The van der Waals surface area contributed by atoms with Crippen LogP contribution in [0, 0.1) is 0 Å². The number of anilines is 1. The Labute approximate surface area is 140 Å². The summed E-state index contributed by atoms with van der Waals surface area (Å²) in [7, 11) is 0. The number of nitrogens with zero attached hydrogens (tertiary/aromatic N) is 2. The van der Waals surface area contributed by atoms with Crippen molar-refractivity contribution in [1.29, 1.82) is 0 Å². The number of aromatic nitrogens is 2. The quantitative estimate of drug-likeness (QED) is 0.800. The number of carbonyl (C=O) groups is 1. The van der Waals surface area contributed by atoms with Crippen LogP contribution in [0.2, 0.25) is 0 Å². The lowest BCUT2D eigenvalue weighted by Gasteiger charge is -2.13. The number of benzene rings is 2. The monoisotopic (exact) mass is 321 g/mol. The summed E-state index contributed by atoms with van der Waals surface area (Å²) < 4.78 is 7.77. The van der Waals surface area contributed by atoms with Gasteiger partial charge in [0, 0.05) is 12.3 Å². The third-order valence-electron chi connectivity index (χ3n) is 4.26. The second-order valence-electron chi connectivity index (χ2n) is 5.96. The molecular formula is C19H19N3O2. The summed E-state index contributed by atoms with van der Waals surface area (Å²) in [6.07, 6.45) is 1.95. The van der Waals surface area contributed by atoms with Crippen molar-refractivity contribution in [3.8, 4) is 0 Å². The van der Waals surface area contributed by atoms with E-state index in [1.807, 2.05) is 59.2 Å². The van der Waals surface area contributed by atoms with Gasteiger partial charge in [-0.25, -0.2) is 4.98 Å². The van der Waals surface area contributed by atoms with Crippen molar-refractivity contribution in [2.75, 3.05) is 11.9 Å². The van der Waals surface area contributed by atoms with Crippen LogP contribution in [0.15, 0.2) is 54.6 Å². The van der Waals surface area contributed by atoms with Crippen LogP contribution in [0.4, 0.5) is 5.69 Å². The molecule has 24 heavy (non-hydrogen) atoms. The van der Waals surface area contributed by atoms with Crippen LogP contribution in [0.5, 0.6) is 0 Å². The minimum absolute atomic E-state index is 0.0260. The summed E-state index contributed by atoms with van der Waals surface area (Å²) in [4.78, 5) is 17.2. The number of para-hydroxylation sites is 3. The number of rotatable bonds is 4. The highest BCUT2D eigenvalue weighted by Crippen LogP contribution is 2.30. The van der Waals surface area contributed by atoms with Gasteiger partial charge < -0.3 is 14.6 Å². The molecule has 2 aromatic carbocycles. The van der Waals surface area contributed by atoms with Gasteiger partial charge in [0.05, 0.1) is 11.0 Å². The lowest BCUT2D eigenvalue weighted by atomic mass is 10.2. The zero-order valence-corrected chi connectivity index (χ0v) is 13.3. The van der Waals surface area contributed by atoms with Crippen molar-refractivity contribution < 1.29 is 9.53 Å². The number of hydrogen-bond donors (Lipinski definition) is 1. The predicted octanol–water partition coefficient (Wildman–Crippen LogP) is 3.53. The van der Waals surface area contributed by atoms with Crippen molar-refractivity contribution in [3.63, 3.8) is 0 Å². The standard InChI is InChI=1S/C19H19N3O2/c23-18(20-14-7-2-1-3-8-14)13-22-16-10-5-4-9-15(16)21-19(22)17-11-6-12-24-17/h1-5,7-10,17H,6,11-13H2,(H,20,23). The lowest BCUT2D eigenvalue weighted by Crippen LogP contribution is -2.21. The Kier molecular flexibility index (Phi) is 4.01. The maximum absolute atomic E-state index is 12.5. The van der Waals surface area contributed by atoms with Crippen molar-refractivity contribution in [3.05, 3.63) is 60.4 Å². The van der Waals surface area contributed by atoms with E-state index in [1.54, 1.807) is 0 Å². The Morgan fingerprint density at radius 2 is 1.96 bits per heavy atom. The lowest BCUT2D eigenvalue weighted by molar-refractivity contribution is -0.116. The molecule has 1 unspecified atom stereocenters. The number of imidazole rings is 1. The largest absolute Gasteiger partial charge is 0.370 e. The Bertz CT molecular complexity index is 851. The van der Waals surface area contributed by atoms with Crippen molar-refractivity contribution in [2.24, 2.45) is 0 Å². The molecular weight excluding hydrogens is 302 g/mol. The van der Waals surface area contributed by atoms with Gasteiger partial charge in [-0.05, 0) is 37.1 Å². The van der Waals surface area contributed by atoms with E-state index in [-0.39, 0.29) is 18.6 Å². The van der Waals surface area contributed by atoms with Gasteiger partial charge in [0.25, 0.3) is 0 Å². The van der Waals surface area contributed by atoms with Gasteiger partial charge >= 0.3 is 0 Å². The minimum atomic E-state index is -0.0661. The zero-order valence-electron chi connectivity index (χ0n) is 13.3. The van der Waals surface area contributed by atoms with Gasteiger partial charge in [-0.2, -0.15) is 0 Å². The Balaban J connectivity index is 1.64. The van der Waals surface area contributed by atoms with E-state index in [0.717, 1.165) is 42.0 Å². The molecule has 5 nitrogen and oxygen atoms in total. The van der Waals surface area contributed by atoms with Gasteiger partial charge in [0.1, 0.15) is 18.5 Å². The van der Waals surface area contributed by atoms with Gasteiger partial charge in [0.2, 0.25) is 5.91 Å². The topological polar surface area (TPSA) is 56.2 Å². The molecule has 1 aliphatic rings. The smallest absolute Gasteiger partial charge is 0.244 e. The van der Waals surface area contributed by atoms with Crippen LogP contribution in [0.1, 0.15) is 24.8 Å². The summed E-state index contributed by atoms with van der Waals surface area (Å²) in [5.74, 6) is 0.778. The van der Waals surface area contributed by atoms with E-state index in [9.17, 15) is 4.79 Å². The number of amides is 1. The number of nitrogens with one attached hydrogen (secondary N) is 1. The van der Waals surface area contributed by atoms with Crippen LogP contribution in [0.3, 0.4) is 0 Å². The average molecular weight is 321 g/mol. The molecule has 1 aromatic heterocycles. The fourth-order valence-corrected chi connectivity index (χ4v) is 3.15. The molecule has 1 saturated heterocycles. The van der Waals surface area contributed by atoms with Crippen molar-refractivity contribution in [1.82, 2.24) is 9.55 Å². The van der Waals surface area contributed by atoms with Gasteiger partial charge in [-0.3, -0.25) is 4.79 Å². The molecule has 0 spiro atoms. The maximum Gasteiger partial charge on any atom is 0.244 e. The van der Waals surface area contributed by atoms with Crippen LogP contribution < -0.4 is 5.32 Å². The first kappa shape index (κ1) is 14.9. The van der Waals surface area contributed by atoms with E-state index in [4.69, 9.17) is 9.72 Å². The first-order valence-corrected chi connectivity index (χ1v) is 8.23. The van der Waals surface area contributed by atoms with E-state index < -0.39 is 0 Å². The molecule has 1 N–H and O–H groups in total. The highest BCUT2D eigenvalue weighted by atomic mass is 16.5. The average Bonchev–Trinajstić information content (AvgIpc) is 3.24. The van der Waals surface area contributed by atoms with Crippen LogP contribution in [-0.4, -0.2) is 22.1 Å². The second kappa shape index (κ2) is 6.45. The van der Waals surface area contributed by atoms with E-state index >= 15 is 0 Å². The molecule has 2 heterocycles. The molecule has 1 aliphatic heterocycles. The Morgan fingerprint density at radius 1 is 1.17 bits per heavy atom. The Hall–Kier alpha value is -2.66. The number of hydrogen-bond acceptors (Lipinski definition) is 3. The summed E-state index contributed by atoms with van der Waals surface area (Å²) in [5.41, 5.74) is 2.66. The molecule has 122 valence electrons. The number of carbonyl (C=O) groups excluding carboxylic acids is 1.